The van der Waals surface area contributed by atoms with E-state index in [1.807, 2.05) is 11.8 Å². The van der Waals surface area contributed by atoms with Crippen molar-refractivity contribution in [1.29, 1.82) is 0 Å². The summed E-state index contributed by atoms with van der Waals surface area (Å²) < 4.78 is 84.2. The number of hydrogen-bond donors (Lipinski definition) is 1. The molecule has 3 aromatic carbocycles. The van der Waals surface area contributed by atoms with Gasteiger partial charge < -0.3 is 9.84 Å². The number of benzene rings is 3. The Morgan fingerprint density at radius 3 is 2.27 bits per heavy atom. The molecule has 0 aromatic heterocycles. The molecule has 11 heteroatoms. The zero-order chi connectivity index (χ0) is 30.6. The van der Waals surface area contributed by atoms with Gasteiger partial charge in [0.05, 0.1) is 27.7 Å². The lowest BCUT2D eigenvalue weighted by molar-refractivity contribution is -0.137. The topological polar surface area (TPSA) is 66.8 Å². The minimum Gasteiger partial charge on any atom is -0.494 e. The first-order valence-corrected chi connectivity index (χ1v) is 15.3. The van der Waals surface area contributed by atoms with Crippen LogP contribution in [0.25, 0.3) is 0 Å². The van der Waals surface area contributed by atoms with Crippen LogP contribution in [-0.2, 0) is 28.2 Å². The molecule has 0 bridgehead atoms. The molecular weight excluding hydrogens is 582 g/mol. The summed E-state index contributed by atoms with van der Waals surface area (Å²) in [5.74, 6) is -0.112. The number of alkyl halides is 3. The van der Waals surface area contributed by atoms with E-state index in [4.69, 9.17) is 16.3 Å². The smallest absolute Gasteiger partial charge is 0.417 e. The van der Waals surface area contributed by atoms with Crippen LogP contribution in [0.4, 0.5) is 17.6 Å². The second-order valence-electron chi connectivity index (χ2n) is 10.7. The SMILES string of the molecule is CC(CN(CCCOc1ccc(C(C)(C)O)c(S(C)(=O)=O)c1)Cc1cccc(C(F)(F)F)c1Cl)c1ccc(F)cc1. The van der Waals surface area contributed by atoms with Gasteiger partial charge >= 0.3 is 6.18 Å². The van der Waals surface area contributed by atoms with E-state index in [0.717, 1.165) is 17.9 Å². The molecule has 0 fully saturated rings. The molecule has 0 amide bonds. The van der Waals surface area contributed by atoms with Crippen LogP contribution in [0.15, 0.2) is 65.6 Å². The first-order valence-electron chi connectivity index (χ1n) is 13.0. The van der Waals surface area contributed by atoms with Gasteiger partial charge in [0.25, 0.3) is 0 Å². The fourth-order valence-corrected chi connectivity index (χ4v) is 5.90. The van der Waals surface area contributed by atoms with Gasteiger partial charge in [-0.1, -0.05) is 48.9 Å². The third-order valence-corrected chi connectivity index (χ3v) is 8.23. The highest BCUT2D eigenvalue weighted by Crippen LogP contribution is 2.37. The first kappa shape index (κ1) is 32.8. The van der Waals surface area contributed by atoms with Gasteiger partial charge in [0.15, 0.2) is 9.84 Å². The van der Waals surface area contributed by atoms with Crippen molar-refractivity contribution in [2.75, 3.05) is 26.0 Å². The molecule has 0 saturated heterocycles. The Bertz CT molecular complexity index is 1440. The Morgan fingerprint density at radius 2 is 1.68 bits per heavy atom. The van der Waals surface area contributed by atoms with Gasteiger partial charge in [0, 0.05) is 31.5 Å². The largest absolute Gasteiger partial charge is 0.494 e. The van der Waals surface area contributed by atoms with Gasteiger partial charge in [0.2, 0.25) is 0 Å². The second-order valence-corrected chi connectivity index (χ2v) is 13.0. The van der Waals surface area contributed by atoms with Gasteiger partial charge in [-0.3, -0.25) is 4.90 Å². The zero-order valence-electron chi connectivity index (χ0n) is 23.3. The molecule has 0 heterocycles. The lowest BCUT2D eigenvalue weighted by atomic mass is 9.98. The number of halogens is 5. The van der Waals surface area contributed by atoms with Crippen LogP contribution in [0, 0.1) is 5.82 Å². The maximum absolute atomic E-state index is 13.4. The standard InChI is InChI=1S/C30H34ClF4NO4S/c1-20(21-9-11-23(32)12-10-21)18-36(19-22-7-5-8-26(28(22)31)30(33,34)35)15-6-16-40-24-13-14-25(29(2,3)37)27(17-24)41(4,38)39/h5,7-14,17,20,37H,6,15-16,18-19H2,1-4H3. The summed E-state index contributed by atoms with van der Waals surface area (Å²) in [7, 11) is -3.64. The van der Waals surface area contributed by atoms with Crippen molar-refractivity contribution in [3.8, 4) is 5.75 Å². The highest BCUT2D eigenvalue weighted by atomic mass is 35.5. The summed E-state index contributed by atoms with van der Waals surface area (Å²) >= 11 is 6.17. The highest BCUT2D eigenvalue weighted by Gasteiger charge is 2.34. The van der Waals surface area contributed by atoms with E-state index in [1.54, 1.807) is 24.3 Å². The van der Waals surface area contributed by atoms with Crippen LogP contribution in [0.5, 0.6) is 5.75 Å². The van der Waals surface area contributed by atoms with Crippen LogP contribution >= 0.6 is 11.6 Å². The monoisotopic (exact) mass is 615 g/mol. The number of nitrogens with zero attached hydrogens (tertiary/aromatic N) is 1. The predicted molar refractivity (Wildman–Crippen MR) is 151 cm³/mol. The Hall–Kier alpha value is -2.66. The van der Waals surface area contributed by atoms with Crippen LogP contribution in [0.3, 0.4) is 0 Å². The quantitative estimate of drug-likeness (QED) is 0.172. The number of sulfone groups is 1. The molecule has 0 spiro atoms. The second kappa shape index (κ2) is 13.1. The van der Waals surface area contributed by atoms with E-state index in [1.165, 1.54) is 44.2 Å². The molecule has 3 aromatic rings. The summed E-state index contributed by atoms with van der Waals surface area (Å²) in [5, 5.41) is 10.0. The molecule has 1 N–H and O–H groups in total. The molecule has 0 aliphatic heterocycles. The molecule has 1 atom stereocenters. The van der Waals surface area contributed by atoms with Crippen molar-refractivity contribution >= 4 is 21.4 Å². The molecule has 5 nitrogen and oxygen atoms in total. The molecule has 0 radical (unpaired) electrons. The van der Waals surface area contributed by atoms with E-state index < -0.39 is 27.2 Å². The molecule has 0 saturated carbocycles. The number of hydrogen-bond acceptors (Lipinski definition) is 5. The summed E-state index contributed by atoms with van der Waals surface area (Å²) in [5.41, 5.74) is -0.811. The molecule has 41 heavy (non-hydrogen) atoms. The third-order valence-electron chi connectivity index (χ3n) is 6.65. The van der Waals surface area contributed by atoms with Crippen molar-refractivity contribution in [2.45, 2.75) is 56.3 Å². The normalized spacial score (nSPS) is 13.4. The van der Waals surface area contributed by atoms with Crippen LogP contribution in [-0.4, -0.2) is 44.4 Å². The van der Waals surface area contributed by atoms with E-state index in [-0.39, 0.29) is 40.4 Å². The molecular formula is C30H34ClF4NO4S. The van der Waals surface area contributed by atoms with E-state index in [9.17, 15) is 31.1 Å². The number of rotatable bonds is 12. The fraction of sp³-hybridized carbons (Fsp3) is 0.400. The minimum absolute atomic E-state index is 0.0311. The minimum atomic E-state index is -4.58. The van der Waals surface area contributed by atoms with Gasteiger partial charge in [-0.15, -0.1) is 0 Å². The first-order chi connectivity index (χ1) is 19.0. The highest BCUT2D eigenvalue weighted by molar-refractivity contribution is 7.90. The maximum atomic E-state index is 13.4. The van der Waals surface area contributed by atoms with E-state index in [0.29, 0.717) is 30.8 Å². The Labute approximate surface area is 243 Å². The van der Waals surface area contributed by atoms with Crippen molar-refractivity contribution in [2.24, 2.45) is 0 Å². The summed E-state index contributed by atoms with van der Waals surface area (Å²) in [6.07, 6.45) is -3.06. The number of aliphatic hydroxyl groups is 1. The van der Waals surface area contributed by atoms with Crippen LogP contribution in [0.2, 0.25) is 5.02 Å². The average molecular weight is 616 g/mol. The lowest BCUT2D eigenvalue weighted by Gasteiger charge is -2.27. The van der Waals surface area contributed by atoms with Crippen molar-refractivity contribution in [1.82, 2.24) is 4.90 Å². The van der Waals surface area contributed by atoms with Gasteiger partial charge in [-0.05, 0) is 67.6 Å². The molecule has 3 rings (SSSR count). The molecule has 0 aliphatic rings. The van der Waals surface area contributed by atoms with Gasteiger partial charge in [-0.25, -0.2) is 12.8 Å². The predicted octanol–water partition coefficient (Wildman–Crippen LogP) is 7.20. The van der Waals surface area contributed by atoms with E-state index in [2.05, 4.69) is 0 Å². The summed E-state index contributed by atoms with van der Waals surface area (Å²) in [6, 6.07) is 14.4. The Balaban J connectivity index is 1.76. The van der Waals surface area contributed by atoms with Crippen molar-refractivity contribution in [3.05, 3.63) is 93.8 Å². The molecule has 224 valence electrons. The van der Waals surface area contributed by atoms with Crippen LogP contribution < -0.4 is 4.74 Å². The fourth-order valence-electron chi connectivity index (χ4n) is 4.56. The van der Waals surface area contributed by atoms with Crippen LogP contribution in [0.1, 0.15) is 55.4 Å². The lowest BCUT2D eigenvalue weighted by Crippen LogP contribution is -2.30. The zero-order valence-corrected chi connectivity index (χ0v) is 24.9. The maximum Gasteiger partial charge on any atom is 0.417 e. The molecule has 0 aliphatic carbocycles. The summed E-state index contributed by atoms with van der Waals surface area (Å²) in [4.78, 5) is 1.93. The Morgan fingerprint density at radius 1 is 1.02 bits per heavy atom. The van der Waals surface area contributed by atoms with E-state index >= 15 is 0 Å². The number of ether oxygens (including phenoxy) is 1. The van der Waals surface area contributed by atoms with Crippen molar-refractivity contribution in [3.63, 3.8) is 0 Å². The van der Waals surface area contributed by atoms with Crippen molar-refractivity contribution < 1.29 is 35.8 Å². The Kier molecular flexibility index (Phi) is 10.5. The van der Waals surface area contributed by atoms with Gasteiger partial charge in [0.1, 0.15) is 11.6 Å². The third kappa shape index (κ3) is 9.16. The van der Waals surface area contributed by atoms with Gasteiger partial charge in [-0.2, -0.15) is 13.2 Å². The average Bonchev–Trinajstić information content (AvgIpc) is 2.86. The summed E-state index contributed by atoms with van der Waals surface area (Å²) in [6.45, 7) is 6.16. The molecule has 1 unspecified atom stereocenters.